The maximum Gasteiger partial charge on any atom is 0.225 e. The number of aryl methyl sites for hydroxylation is 3. The van der Waals surface area contributed by atoms with E-state index in [2.05, 4.69) is 75.4 Å². The zero-order valence-corrected chi connectivity index (χ0v) is 60.2. The molecule has 3 unspecified atom stereocenters. The van der Waals surface area contributed by atoms with E-state index in [9.17, 15) is 13.2 Å². The van der Waals surface area contributed by atoms with Crippen molar-refractivity contribution in [2.24, 2.45) is 38.3 Å². The van der Waals surface area contributed by atoms with Gasteiger partial charge in [-0.2, -0.15) is 30.6 Å². The molecule has 0 amide bonds. The molecule has 33 heteroatoms. The number of hydrogen-bond donors (Lipinski definition) is 3. The van der Waals surface area contributed by atoms with Crippen molar-refractivity contribution < 1.29 is 33.7 Å². The third-order valence-electron chi connectivity index (χ3n) is 19.2. The lowest BCUT2D eigenvalue weighted by molar-refractivity contribution is 0.585. The second kappa shape index (κ2) is 29.8. The average molecular weight is 1510 g/mol. The quantitative estimate of drug-likeness (QED) is 0.0880. The van der Waals surface area contributed by atoms with Crippen molar-refractivity contribution in [3.63, 3.8) is 0 Å². The molecule has 0 spiro atoms. The first kappa shape index (κ1) is 56.2. The topological polar surface area (TPSA) is 319 Å². The minimum absolute atomic E-state index is 0.0126. The molecule has 0 aliphatic carbocycles. The first-order valence-electron chi connectivity index (χ1n) is 42.1. The van der Waals surface area contributed by atoms with Crippen LogP contribution in [0, 0.1) is 17.5 Å². The zero-order valence-electron chi connectivity index (χ0n) is 75.2. The van der Waals surface area contributed by atoms with Gasteiger partial charge in [-0.25, -0.2) is 71.6 Å². The van der Waals surface area contributed by atoms with Crippen molar-refractivity contribution in [3.8, 4) is 33.4 Å². The van der Waals surface area contributed by atoms with Gasteiger partial charge in [0.25, 0.3) is 0 Å². The van der Waals surface area contributed by atoms with Crippen molar-refractivity contribution in [1.82, 2.24) is 103 Å². The van der Waals surface area contributed by atoms with Gasteiger partial charge in [0.1, 0.15) is 53.0 Å². The van der Waals surface area contributed by atoms with Gasteiger partial charge in [0, 0.05) is 228 Å². The number of aromatic nitrogens is 21. The lowest BCUT2D eigenvalue weighted by Crippen LogP contribution is -2.47. The van der Waals surface area contributed by atoms with Gasteiger partial charge in [0.2, 0.25) is 17.8 Å². The van der Waals surface area contributed by atoms with Crippen molar-refractivity contribution in [2.45, 2.75) is 37.4 Å². The highest BCUT2D eigenvalue weighted by Crippen LogP contribution is 2.35. The highest BCUT2D eigenvalue weighted by molar-refractivity contribution is 5.80. The first-order valence-corrected chi connectivity index (χ1v) is 34.6. The second-order valence-electron chi connectivity index (χ2n) is 26.9. The van der Waals surface area contributed by atoms with Gasteiger partial charge in [-0.3, -0.25) is 14.0 Å². The Morgan fingerprint density at radius 2 is 0.586 bits per heavy atom. The molecule has 3 aliphatic heterocycles. The molecule has 3 fully saturated rings. The summed E-state index contributed by atoms with van der Waals surface area (Å²) >= 11 is 0. The van der Waals surface area contributed by atoms with Crippen LogP contribution in [0.4, 0.5) is 48.5 Å². The van der Waals surface area contributed by atoms with Crippen LogP contribution in [-0.2, 0) is 37.7 Å². The average Bonchev–Trinajstić information content (AvgIpc) is 1.42. The highest BCUT2D eigenvalue weighted by Gasteiger charge is 2.32. The molecular formula is C78H81F3N30. The Morgan fingerprint density at radius 3 is 0.838 bits per heavy atom. The summed E-state index contributed by atoms with van der Waals surface area (Å²) in [6, 6.07) is 22.7. The number of halogens is 3. The van der Waals surface area contributed by atoms with Gasteiger partial charge in [-0.15, -0.1) is 0 Å². The molecule has 3 saturated heterocycles. The fourth-order valence-corrected chi connectivity index (χ4v) is 12.6. The van der Waals surface area contributed by atoms with Crippen LogP contribution < -0.4 is 46.6 Å². The number of benzene rings is 3. The van der Waals surface area contributed by atoms with Gasteiger partial charge in [0.15, 0.2) is 17.5 Å². The fourth-order valence-electron chi connectivity index (χ4n) is 12.6. The Morgan fingerprint density at radius 1 is 0.324 bits per heavy atom. The van der Waals surface area contributed by atoms with Gasteiger partial charge in [0.05, 0.1) is 51.7 Å². The molecule has 30 nitrogen and oxygen atoms in total. The minimum Gasteiger partial charge on any atom is -0.351 e. The molecule has 15 aromatic rings. The van der Waals surface area contributed by atoms with Crippen LogP contribution in [0.25, 0.3) is 49.9 Å². The third kappa shape index (κ3) is 14.9. The molecule has 564 valence electrons. The summed E-state index contributed by atoms with van der Waals surface area (Å²) in [6.07, 6.45) is 27.8. The summed E-state index contributed by atoms with van der Waals surface area (Å²) in [4.78, 5) is 46.7. The van der Waals surface area contributed by atoms with Crippen LogP contribution in [0.1, 0.15) is 74.7 Å². The molecule has 0 radical (unpaired) electrons. The molecule has 12 aromatic heterocycles. The molecule has 3 aromatic carbocycles. The van der Waals surface area contributed by atoms with E-state index in [1.165, 1.54) is 124 Å². The monoisotopic (exact) mass is 1510 g/mol. The van der Waals surface area contributed by atoms with Crippen LogP contribution in [0.5, 0.6) is 0 Å². The van der Waals surface area contributed by atoms with Crippen LogP contribution >= 0.6 is 0 Å². The number of piperazine rings is 3. The summed E-state index contributed by atoms with van der Waals surface area (Å²) in [5.74, 6) is -0.435. The van der Waals surface area contributed by atoms with E-state index in [4.69, 9.17) is 37.8 Å². The van der Waals surface area contributed by atoms with E-state index in [0.717, 1.165) is 41.6 Å². The number of nitrogens with zero attached hydrogens (tertiary/aromatic N) is 27. The summed E-state index contributed by atoms with van der Waals surface area (Å²) in [5.41, 5.74) is 25.7. The van der Waals surface area contributed by atoms with Crippen molar-refractivity contribution in [3.05, 3.63) is 254 Å². The lowest BCUT2D eigenvalue weighted by Gasteiger charge is -2.35. The Labute approximate surface area is 657 Å². The number of hydrogen-bond acceptors (Lipinski definition) is 24. The Kier molecular flexibility index (Phi) is 15.1. The Hall–Kier alpha value is -13.1. The van der Waals surface area contributed by atoms with E-state index in [-0.39, 0.29) is 92.0 Å². The van der Waals surface area contributed by atoms with Gasteiger partial charge in [-0.05, 0) is 92.1 Å². The zero-order chi connectivity index (χ0) is 90.0. The smallest absolute Gasteiger partial charge is 0.225 e. The van der Waals surface area contributed by atoms with E-state index in [1.807, 2.05) is 26.5 Å². The molecule has 0 bridgehead atoms. The molecular weight excluding hydrogens is 1410 g/mol. The summed E-state index contributed by atoms with van der Waals surface area (Å²) in [6.45, 7) is -12.1. The molecule has 111 heavy (non-hydrogen) atoms. The van der Waals surface area contributed by atoms with Gasteiger partial charge >= 0.3 is 0 Å². The maximum atomic E-state index is 13.4. The number of anilines is 6. The predicted molar refractivity (Wildman–Crippen MR) is 416 cm³/mol. The molecule has 15 heterocycles. The largest absolute Gasteiger partial charge is 0.351 e. The van der Waals surface area contributed by atoms with E-state index in [1.54, 1.807) is 125 Å². The van der Waals surface area contributed by atoms with E-state index < -0.39 is 62.6 Å². The predicted octanol–water partition coefficient (Wildman–Crippen LogP) is 7.82. The highest BCUT2D eigenvalue weighted by atomic mass is 19.1. The van der Waals surface area contributed by atoms with Crippen LogP contribution in [-0.4, -0.2) is 181 Å². The Bertz CT molecular complexity index is 6180. The minimum atomic E-state index is -2.45. The number of nitrogens with two attached hydrogens (primary N) is 3. The van der Waals surface area contributed by atoms with Crippen molar-refractivity contribution in [2.75, 3.05) is 108 Å². The van der Waals surface area contributed by atoms with Crippen molar-refractivity contribution in [1.29, 1.82) is 0 Å². The molecule has 3 aliphatic rings. The summed E-state index contributed by atoms with van der Waals surface area (Å²) < 4.78 is 178. The lowest BCUT2D eigenvalue weighted by atomic mass is 9.87. The molecule has 0 saturated carbocycles. The van der Waals surface area contributed by atoms with E-state index >= 15 is 0 Å². The first-order chi connectivity index (χ1) is 59.3. The summed E-state index contributed by atoms with van der Waals surface area (Å²) in [7, 11) is 3.62. The fraction of sp³-hybridized carbons (Fsp3) is 0.269. The van der Waals surface area contributed by atoms with Gasteiger partial charge in [-0.1, -0.05) is 36.4 Å². The van der Waals surface area contributed by atoms with E-state index in [0.29, 0.717) is 61.1 Å². The SMILES string of the molecule is [2H]C1([2H])CN(c2ncc(C(C)(N)c3ccc(F)cc3)cn2)CC([2H])([2H])N1c1ncnn2cc(-c3cnn(C([2H])([2H])[2H])c3)cc12.[2H]C1([2H])CN(c2ncc(C(C)(N)c3ccc(F)cc3)cn2)CC([2H])([2H])N1c1ncnn2cc(-c3cnn(C)c3)cc12.[2H]C1([2H])CN(c2ncc(C(C)(N)c3ccc(F)cc3)cn2)CC([2H])([2H])N1c1ncnn2cc(-c3cnn(C)c3)cc12. The van der Waals surface area contributed by atoms with Crippen LogP contribution in [0.2, 0.25) is 0 Å². The second-order valence-corrected chi connectivity index (χ2v) is 26.9. The number of fused-ring (bicyclic) bond motifs is 3. The normalized spacial score (nSPS) is 20.6. The molecule has 3 atom stereocenters. The van der Waals surface area contributed by atoms with Crippen molar-refractivity contribution >= 4 is 51.8 Å². The maximum absolute atomic E-state index is 13.4. The standard InChI is InChI=1S/3C26H27FN10/c3*1-26(28,20-3-5-22(27)6-4-20)21-13-29-25(30-14-21)36-9-7-35(8-10-36)24-23-11-18(16-37(23)33-17-31-24)19-12-32-34(2)15-19/h3*3-6,11-17H,7-10,28H2,1-2H3/i2D3,7D2,8D2;2*7D2,8D2. The third-order valence-corrected chi connectivity index (χ3v) is 19.2. The van der Waals surface area contributed by atoms with Crippen LogP contribution in [0.3, 0.4) is 0 Å². The summed E-state index contributed by atoms with van der Waals surface area (Å²) in [5, 5.41) is 25.0. The van der Waals surface area contributed by atoms with Gasteiger partial charge < -0.3 is 46.6 Å². The molecule has 6 N–H and O–H groups in total. The molecule has 18 rings (SSSR count). The van der Waals surface area contributed by atoms with Crippen LogP contribution in [0.15, 0.2) is 203 Å². The Balaban J connectivity index is 0.000000139. The number of rotatable bonds is 15.